The van der Waals surface area contributed by atoms with E-state index in [1.807, 2.05) is 6.07 Å². The number of nitrogens with zero attached hydrogens (tertiary/aromatic N) is 1. The Morgan fingerprint density at radius 3 is 2.52 bits per heavy atom. The normalized spacial score (nSPS) is 15.6. The molecule has 1 unspecified atom stereocenters. The molecule has 4 rings (SSSR count). The highest BCUT2D eigenvalue weighted by Crippen LogP contribution is 2.36. The fourth-order valence-corrected chi connectivity index (χ4v) is 3.77. The number of carbonyl (C=O) groups excluding carboxylic acids is 2. The van der Waals surface area contributed by atoms with Crippen LogP contribution in [0.2, 0.25) is 10.0 Å². The zero-order chi connectivity index (χ0) is 22.0. The summed E-state index contributed by atoms with van der Waals surface area (Å²) in [5.41, 5.74) is 1.20. The van der Waals surface area contributed by atoms with Gasteiger partial charge >= 0.3 is 0 Å². The smallest absolute Gasteiger partial charge is 0.261 e. The molecule has 0 radical (unpaired) electrons. The summed E-state index contributed by atoms with van der Waals surface area (Å²) in [6, 6.07) is 16.8. The fourth-order valence-electron chi connectivity index (χ4n) is 3.43. The maximum Gasteiger partial charge on any atom is 0.261 e. The molecule has 0 saturated carbocycles. The predicted molar refractivity (Wildman–Crippen MR) is 117 cm³/mol. The van der Waals surface area contributed by atoms with Crippen LogP contribution in [-0.4, -0.2) is 23.3 Å². The summed E-state index contributed by atoms with van der Waals surface area (Å²) in [6.07, 6.45) is 0. The van der Waals surface area contributed by atoms with Crippen LogP contribution in [0.3, 0.4) is 0 Å². The van der Waals surface area contributed by atoms with E-state index in [9.17, 15) is 14.0 Å². The Kier molecular flexibility index (Phi) is 6.11. The Balaban J connectivity index is 1.77. The quantitative estimate of drug-likeness (QED) is 0.581. The number of rotatable bonds is 4. The van der Waals surface area contributed by atoms with E-state index in [2.05, 4.69) is 5.32 Å². The molecule has 3 aromatic rings. The van der Waals surface area contributed by atoms with E-state index >= 15 is 0 Å². The Labute approximate surface area is 188 Å². The van der Waals surface area contributed by atoms with Crippen molar-refractivity contribution < 1.29 is 18.7 Å². The van der Waals surface area contributed by atoms with Crippen molar-refractivity contribution in [2.24, 2.45) is 0 Å². The zero-order valence-corrected chi connectivity index (χ0v) is 17.7. The number of hydrogen-bond donors (Lipinski definition) is 1. The molecule has 1 aliphatic rings. The molecule has 0 fully saturated rings. The lowest BCUT2D eigenvalue weighted by molar-refractivity contribution is -0.140. The molecule has 0 aliphatic carbocycles. The van der Waals surface area contributed by atoms with Crippen LogP contribution >= 0.6 is 23.2 Å². The summed E-state index contributed by atoms with van der Waals surface area (Å²) in [6.45, 7) is -0.441. The van der Waals surface area contributed by atoms with Gasteiger partial charge in [0.1, 0.15) is 17.6 Å². The molecule has 0 bridgehead atoms. The van der Waals surface area contributed by atoms with Crippen molar-refractivity contribution in [1.29, 1.82) is 0 Å². The van der Waals surface area contributed by atoms with E-state index < -0.39 is 23.7 Å². The maximum absolute atomic E-state index is 14.5. The van der Waals surface area contributed by atoms with Crippen molar-refractivity contribution in [3.05, 3.63) is 93.7 Å². The van der Waals surface area contributed by atoms with Gasteiger partial charge in [0.15, 0.2) is 6.61 Å². The molecule has 3 aromatic carbocycles. The van der Waals surface area contributed by atoms with E-state index in [0.29, 0.717) is 22.0 Å². The van der Waals surface area contributed by atoms with Gasteiger partial charge in [0.05, 0.1) is 0 Å². The fraction of sp³-hybridized carbons (Fsp3) is 0.130. The van der Waals surface area contributed by atoms with Crippen molar-refractivity contribution in [3.63, 3.8) is 0 Å². The second-order valence-corrected chi connectivity index (χ2v) is 7.86. The predicted octanol–water partition coefficient (Wildman–Crippen LogP) is 5.23. The Morgan fingerprint density at radius 2 is 1.77 bits per heavy atom. The van der Waals surface area contributed by atoms with Crippen LogP contribution in [0.4, 0.5) is 10.1 Å². The molecule has 1 N–H and O–H groups in total. The van der Waals surface area contributed by atoms with Gasteiger partial charge in [0.25, 0.3) is 11.8 Å². The lowest BCUT2D eigenvalue weighted by Crippen LogP contribution is -2.41. The number of benzene rings is 3. The Bertz CT molecular complexity index is 1140. The first kappa shape index (κ1) is 21.2. The van der Waals surface area contributed by atoms with Crippen molar-refractivity contribution >= 4 is 40.7 Å². The molecule has 8 heteroatoms. The van der Waals surface area contributed by atoms with Crippen molar-refractivity contribution in [3.8, 4) is 5.75 Å². The summed E-state index contributed by atoms with van der Waals surface area (Å²) in [5, 5.41) is 3.43. The van der Waals surface area contributed by atoms with Gasteiger partial charge in [-0.1, -0.05) is 47.5 Å². The Morgan fingerprint density at radius 1 is 1.06 bits per heavy atom. The summed E-state index contributed by atoms with van der Waals surface area (Å²) >= 11 is 12.0. The molecule has 158 valence electrons. The lowest BCUT2D eigenvalue weighted by Gasteiger charge is -2.29. The minimum Gasteiger partial charge on any atom is -0.483 e. The van der Waals surface area contributed by atoms with Gasteiger partial charge in [-0.25, -0.2) is 4.39 Å². The molecule has 1 heterocycles. The average Bonchev–Trinajstić information content (AvgIpc) is 2.87. The van der Waals surface area contributed by atoms with Crippen LogP contribution in [-0.2, 0) is 16.1 Å². The minimum absolute atomic E-state index is 0.149. The average molecular weight is 459 g/mol. The van der Waals surface area contributed by atoms with E-state index in [1.54, 1.807) is 42.5 Å². The molecule has 1 aliphatic heterocycles. The van der Waals surface area contributed by atoms with E-state index in [1.165, 1.54) is 23.1 Å². The monoisotopic (exact) mass is 458 g/mol. The second-order valence-electron chi connectivity index (χ2n) is 6.99. The third kappa shape index (κ3) is 4.65. The number of carbonyl (C=O) groups is 2. The van der Waals surface area contributed by atoms with Crippen LogP contribution in [0, 0.1) is 5.82 Å². The molecule has 0 spiro atoms. The summed E-state index contributed by atoms with van der Waals surface area (Å²) in [4.78, 5) is 27.6. The van der Waals surface area contributed by atoms with Crippen molar-refractivity contribution in [1.82, 2.24) is 4.90 Å². The molecule has 5 nitrogen and oxygen atoms in total. The molecule has 0 saturated heterocycles. The molecular weight excluding hydrogens is 442 g/mol. The standard InChI is InChI=1S/C23H17Cl2FN2O3/c24-15-8-9-20-18(10-15)22(23(30)27-17-4-2-1-3-5-17)28(21(29)13-31-20)12-14-6-7-16(25)11-19(14)26/h1-11,22H,12-13H2,(H,27,30). The summed E-state index contributed by atoms with van der Waals surface area (Å²) in [7, 11) is 0. The lowest BCUT2D eigenvalue weighted by atomic mass is 10.0. The van der Waals surface area contributed by atoms with Crippen LogP contribution < -0.4 is 10.1 Å². The van der Waals surface area contributed by atoms with Gasteiger partial charge in [-0.3, -0.25) is 9.59 Å². The highest BCUT2D eigenvalue weighted by atomic mass is 35.5. The summed E-state index contributed by atoms with van der Waals surface area (Å²) < 4.78 is 20.1. The van der Waals surface area contributed by atoms with E-state index in [0.717, 1.165) is 0 Å². The van der Waals surface area contributed by atoms with E-state index in [-0.39, 0.29) is 23.7 Å². The summed E-state index contributed by atoms with van der Waals surface area (Å²) in [5.74, 6) is -1.14. The first-order valence-electron chi connectivity index (χ1n) is 9.44. The molecule has 31 heavy (non-hydrogen) atoms. The van der Waals surface area contributed by atoms with Crippen LogP contribution in [0.5, 0.6) is 5.75 Å². The number of fused-ring (bicyclic) bond motifs is 1. The SMILES string of the molecule is O=C(Nc1ccccc1)C1c2cc(Cl)ccc2OCC(=O)N1Cc1ccc(Cl)cc1F. The highest BCUT2D eigenvalue weighted by Gasteiger charge is 2.37. The van der Waals surface area contributed by atoms with Crippen LogP contribution in [0.25, 0.3) is 0 Å². The second kappa shape index (κ2) is 8.96. The number of ether oxygens (including phenoxy) is 1. The minimum atomic E-state index is -1.08. The maximum atomic E-state index is 14.5. The first-order valence-corrected chi connectivity index (χ1v) is 10.2. The van der Waals surface area contributed by atoms with Crippen molar-refractivity contribution in [2.45, 2.75) is 12.6 Å². The topological polar surface area (TPSA) is 58.6 Å². The molecule has 0 aromatic heterocycles. The third-order valence-electron chi connectivity index (χ3n) is 4.90. The number of para-hydroxylation sites is 1. The zero-order valence-electron chi connectivity index (χ0n) is 16.1. The third-order valence-corrected chi connectivity index (χ3v) is 5.37. The van der Waals surface area contributed by atoms with Gasteiger partial charge in [-0.05, 0) is 42.5 Å². The Hall–Kier alpha value is -3.09. The molecular formula is C23H17Cl2FN2O3. The van der Waals surface area contributed by atoms with Crippen LogP contribution in [0.1, 0.15) is 17.2 Å². The number of anilines is 1. The van der Waals surface area contributed by atoms with E-state index in [4.69, 9.17) is 27.9 Å². The number of nitrogens with one attached hydrogen (secondary N) is 1. The number of amides is 2. The van der Waals surface area contributed by atoms with Gasteiger partial charge in [-0.15, -0.1) is 0 Å². The van der Waals surface area contributed by atoms with Gasteiger partial charge < -0.3 is 15.0 Å². The van der Waals surface area contributed by atoms with Crippen molar-refractivity contribution in [2.75, 3.05) is 11.9 Å². The molecule has 2 amide bonds. The van der Waals surface area contributed by atoms with Gasteiger partial charge in [0, 0.05) is 33.4 Å². The number of halogens is 3. The highest BCUT2D eigenvalue weighted by molar-refractivity contribution is 6.31. The first-order chi connectivity index (χ1) is 14.9. The van der Waals surface area contributed by atoms with Gasteiger partial charge in [0.2, 0.25) is 0 Å². The largest absolute Gasteiger partial charge is 0.483 e. The van der Waals surface area contributed by atoms with Crippen LogP contribution in [0.15, 0.2) is 66.7 Å². The molecule has 1 atom stereocenters. The van der Waals surface area contributed by atoms with Gasteiger partial charge in [-0.2, -0.15) is 0 Å². The number of hydrogen-bond acceptors (Lipinski definition) is 3.